The third kappa shape index (κ3) is 4.76. The van der Waals surface area contributed by atoms with Crippen molar-refractivity contribution in [1.29, 1.82) is 0 Å². The van der Waals surface area contributed by atoms with Crippen molar-refractivity contribution in [3.8, 4) is 11.3 Å². The molecule has 0 atom stereocenters. The van der Waals surface area contributed by atoms with Crippen LogP contribution in [0.3, 0.4) is 0 Å². The van der Waals surface area contributed by atoms with E-state index < -0.39 is 0 Å². The molecule has 2 heterocycles. The van der Waals surface area contributed by atoms with Crippen LogP contribution >= 0.6 is 15.9 Å². The highest BCUT2D eigenvalue weighted by Crippen LogP contribution is 2.22. The largest absolute Gasteiger partial charge is 0.339 e. The lowest BCUT2D eigenvalue weighted by Crippen LogP contribution is -2.36. The van der Waals surface area contributed by atoms with Crippen LogP contribution in [-0.2, 0) is 11.3 Å². The molecule has 0 N–H and O–H groups in total. The fraction of sp³-hybridized carbons (Fsp3) is 0.208. The van der Waals surface area contributed by atoms with Crippen LogP contribution in [0.5, 0.6) is 0 Å². The Balaban J connectivity index is 1.39. The molecule has 6 heteroatoms. The third-order valence-electron chi connectivity index (χ3n) is 5.25. The highest BCUT2D eigenvalue weighted by molar-refractivity contribution is 9.10. The van der Waals surface area contributed by atoms with Crippen LogP contribution in [-0.4, -0.2) is 33.7 Å². The van der Waals surface area contributed by atoms with Gasteiger partial charge in [-0.05, 0) is 35.8 Å². The van der Waals surface area contributed by atoms with Crippen LogP contribution in [0.1, 0.15) is 18.4 Å². The van der Waals surface area contributed by atoms with Crippen molar-refractivity contribution >= 4 is 27.4 Å². The van der Waals surface area contributed by atoms with Crippen LogP contribution in [0.15, 0.2) is 82.1 Å². The zero-order valence-electron chi connectivity index (χ0n) is 16.5. The van der Waals surface area contributed by atoms with Crippen molar-refractivity contribution in [1.82, 2.24) is 14.7 Å². The van der Waals surface area contributed by atoms with Crippen LogP contribution < -0.4 is 5.56 Å². The molecule has 4 rings (SSSR count). The summed E-state index contributed by atoms with van der Waals surface area (Å²) in [7, 11) is 0. The lowest BCUT2D eigenvalue weighted by molar-refractivity contribution is -0.131. The second-order valence-corrected chi connectivity index (χ2v) is 8.14. The molecule has 0 aliphatic carbocycles. The van der Waals surface area contributed by atoms with Gasteiger partial charge in [0.05, 0.1) is 12.2 Å². The Morgan fingerprint density at radius 2 is 1.73 bits per heavy atom. The normalized spacial score (nSPS) is 13.8. The van der Waals surface area contributed by atoms with Crippen LogP contribution in [0.2, 0.25) is 0 Å². The molecule has 0 spiro atoms. The number of hydrogen-bond acceptors (Lipinski definition) is 3. The number of aryl methyl sites for hydroxylation is 1. The molecule has 0 radical (unpaired) electrons. The number of rotatable bonds is 5. The Kier molecular flexibility index (Phi) is 6.23. The lowest BCUT2D eigenvalue weighted by atomic mass is 9.99. The van der Waals surface area contributed by atoms with Gasteiger partial charge in [0.2, 0.25) is 5.91 Å². The van der Waals surface area contributed by atoms with Gasteiger partial charge in [-0.2, -0.15) is 5.10 Å². The molecule has 2 aromatic carbocycles. The van der Waals surface area contributed by atoms with E-state index in [4.69, 9.17) is 0 Å². The molecule has 0 bridgehead atoms. The van der Waals surface area contributed by atoms with Gasteiger partial charge >= 0.3 is 0 Å². The molecule has 1 aliphatic heterocycles. The van der Waals surface area contributed by atoms with Crippen molar-refractivity contribution in [2.45, 2.75) is 19.4 Å². The van der Waals surface area contributed by atoms with Crippen molar-refractivity contribution < 1.29 is 4.79 Å². The van der Waals surface area contributed by atoms with Crippen LogP contribution in [0.4, 0.5) is 0 Å². The average Bonchev–Trinajstić information content (AvgIpc) is 2.79. The highest BCUT2D eigenvalue weighted by Gasteiger charge is 2.18. The second-order valence-electron chi connectivity index (χ2n) is 7.22. The Hall–Kier alpha value is -2.99. The molecule has 0 saturated heterocycles. The van der Waals surface area contributed by atoms with E-state index >= 15 is 0 Å². The minimum absolute atomic E-state index is 0.0427. The van der Waals surface area contributed by atoms with E-state index in [1.807, 2.05) is 47.4 Å². The van der Waals surface area contributed by atoms with Gasteiger partial charge in [0, 0.05) is 35.6 Å². The molecule has 1 aromatic heterocycles. The first kappa shape index (κ1) is 20.3. The van der Waals surface area contributed by atoms with E-state index in [1.165, 1.54) is 21.9 Å². The number of carbonyl (C=O) groups is 1. The standard InChI is InChI=1S/C24H22BrN3O2/c25-21-8-6-20(7-9-21)22-10-11-24(30)28(26-22)17-14-23(29)27-15-12-19(13-16-27)18-4-2-1-3-5-18/h1-12H,13-17H2. The Bertz CT molecular complexity index is 1120. The first-order valence-electron chi connectivity index (χ1n) is 9.96. The number of hydrogen-bond donors (Lipinski definition) is 0. The van der Waals surface area contributed by atoms with Crippen LogP contribution in [0.25, 0.3) is 16.8 Å². The van der Waals surface area contributed by atoms with Crippen molar-refractivity contribution in [2.75, 3.05) is 13.1 Å². The maximum Gasteiger partial charge on any atom is 0.266 e. The molecule has 1 aliphatic rings. The Morgan fingerprint density at radius 1 is 0.967 bits per heavy atom. The molecule has 5 nitrogen and oxygen atoms in total. The molecule has 1 amide bonds. The minimum atomic E-state index is -0.200. The summed E-state index contributed by atoms with van der Waals surface area (Å²) in [6.45, 7) is 1.57. The Morgan fingerprint density at radius 3 is 2.43 bits per heavy atom. The fourth-order valence-corrected chi connectivity index (χ4v) is 3.82. The quantitative estimate of drug-likeness (QED) is 0.563. The topological polar surface area (TPSA) is 55.2 Å². The molecule has 0 fully saturated rings. The van der Waals surface area contributed by atoms with Crippen molar-refractivity contribution in [3.63, 3.8) is 0 Å². The summed E-state index contributed by atoms with van der Waals surface area (Å²) in [5, 5.41) is 4.45. The number of aromatic nitrogens is 2. The smallest absolute Gasteiger partial charge is 0.266 e. The van der Waals surface area contributed by atoms with Gasteiger partial charge in [0.15, 0.2) is 0 Å². The first-order chi connectivity index (χ1) is 14.6. The summed E-state index contributed by atoms with van der Waals surface area (Å²) in [6.07, 6.45) is 3.22. The first-order valence-corrected chi connectivity index (χ1v) is 10.8. The fourth-order valence-electron chi connectivity index (χ4n) is 3.55. The molecular formula is C24H22BrN3O2. The van der Waals surface area contributed by atoms with E-state index in [1.54, 1.807) is 6.07 Å². The van der Waals surface area contributed by atoms with E-state index in [0.717, 1.165) is 16.5 Å². The average molecular weight is 464 g/mol. The summed E-state index contributed by atoms with van der Waals surface area (Å²) >= 11 is 3.42. The van der Waals surface area contributed by atoms with Gasteiger partial charge in [-0.3, -0.25) is 9.59 Å². The van der Waals surface area contributed by atoms with Gasteiger partial charge in [-0.15, -0.1) is 0 Å². The predicted molar refractivity (Wildman–Crippen MR) is 122 cm³/mol. The van der Waals surface area contributed by atoms with E-state index in [2.05, 4.69) is 39.2 Å². The molecule has 30 heavy (non-hydrogen) atoms. The maximum atomic E-state index is 12.7. The minimum Gasteiger partial charge on any atom is -0.339 e. The number of nitrogens with zero attached hydrogens (tertiary/aromatic N) is 3. The number of carbonyl (C=O) groups excluding carboxylic acids is 1. The van der Waals surface area contributed by atoms with Crippen molar-refractivity contribution in [2.24, 2.45) is 0 Å². The zero-order valence-corrected chi connectivity index (χ0v) is 18.1. The van der Waals surface area contributed by atoms with Gasteiger partial charge in [0.25, 0.3) is 5.56 Å². The van der Waals surface area contributed by atoms with Gasteiger partial charge in [-0.1, -0.05) is 64.5 Å². The van der Waals surface area contributed by atoms with E-state index in [0.29, 0.717) is 18.8 Å². The number of amides is 1. The number of halogens is 1. The van der Waals surface area contributed by atoms with Gasteiger partial charge in [-0.25, -0.2) is 4.68 Å². The molecule has 0 unspecified atom stereocenters. The SMILES string of the molecule is O=C(CCn1nc(-c2ccc(Br)cc2)ccc1=O)N1CC=C(c2ccccc2)CC1. The van der Waals surface area contributed by atoms with Crippen LogP contribution in [0, 0.1) is 0 Å². The Labute approximate surface area is 183 Å². The van der Waals surface area contributed by atoms with E-state index in [-0.39, 0.29) is 24.4 Å². The molecule has 3 aromatic rings. The third-order valence-corrected chi connectivity index (χ3v) is 5.78. The van der Waals surface area contributed by atoms with Gasteiger partial charge in [0.1, 0.15) is 0 Å². The summed E-state index contributed by atoms with van der Waals surface area (Å²) in [6, 6.07) is 21.2. The molecule has 0 saturated carbocycles. The summed E-state index contributed by atoms with van der Waals surface area (Å²) in [5.41, 5.74) is 3.93. The maximum absolute atomic E-state index is 12.7. The van der Waals surface area contributed by atoms with Gasteiger partial charge < -0.3 is 4.90 Å². The summed E-state index contributed by atoms with van der Waals surface area (Å²) < 4.78 is 2.36. The lowest BCUT2D eigenvalue weighted by Gasteiger charge is -2.26. The molecular weight excluding hydrogens is 442 g/mol. The summed E-state index contributed by atoms with van der Waals surface area (Å²) in [5.74, 6) is 0.0427. The van der Waals surface area contributed by atoms with E-state index in [9.17, 15) is 9.59 Å². The monoisotopic (exact) mass is 463 g/mol. The number of benzene rings is 2. The highest BCUT2D eigenvalue weighted by atomic mass is 79.9. The zero-order chi connectivity index (χ0) is 20.9. The van der Waals surface area contributed by atoms with Crippen molar-refractivity contribution in [3.05, 3.63) is 93.2 Å². The predicted octanol–water partition coefficient (Wildman–Crippen LogP) is 4.38. The summed E-state index contributed by atoms with van der Waals surface area (Å²) in [4.78, 5) is 26.7. The second kappa shape index (κ2) is 9.22. The molecule has 152 valence electrons.